The topological polar surface area (TPSA) is 132 Å². The van der Waals surface area contributed by atoms with Gasteiger partial charge in [0.15, 0.2) is 11.4 Å². The number of aliphatic hydroxyl groups is 3. The molecule has 3 rings (SSSR count). The zero-order valence-electron chi connectivity index (χ0n) is 11.5. The van der Waals surface area contributed by atoms with E-state index < -0.39 is 30.5 Å². The van der Waals surface area contributed by atoms with E-state index in [-0.39, 0.29) is 5.82 Å². The van der Waals surface area contributed by atoms with E-state index in [1.807, 2.05) is 5.48 Å². The summed E-state index contributed by atoms with van der Waals surface area (Å²) in [6.07, 6.45) is -0.984. The number of anilines is 1. The lowest BCUT2D eigenvalue weighted by Gasteiger charge is -2.28. The van der Waals surface area contributed by atoms with Gasteiger partial charge in [0.05, 0.1) is 12.3 Å². The van der Waals surface area contributed by atoms with Gasteiger partial charge >= 0.3 is 0 Å². The van der Waals surface area contributed by atoms with E-state index in [2.05, 4.69) is 16.7 Å². The number of hydrogen-bond donors (Lipinski definition) is 5. The van der Waals surface area contributed by atoms with Gasteiger partial charge in [-0.05, 0) is 12.1 Å². The number of nitrogens with zero attached hydrogens (tertiary/aromatic N) is 3. The first-order valence-electron chi connectivity index (χ1n) is 6.60. The highest BCUT2D eigenvalue weighted by Crippen LogP contribution is 2.41. The molecule has 1 fully saturated rings. The fourth-order valence-electron chi connectivity index (χ4n) is 2.79. The first-order valence-corrected chi connectivity index (χ1v) is 6.60. The van der Waals surface area contributed by atoms with Crippen LogP contribution in [0.2, 0.25) is 0 Å². The highest BCUT2D eigenvalue weighted by molar-refractivity contribution is 5.67. The molecule has 9 heteroatoms. The zero-order chi connectivity index (χ0) is 15.9. The summed E-state index contributed by atoms with van der Waals surface area (Å²) in [5.41, 5.74) is 1.34. The van der Waals surface area contributed by atoms with Crippen molar-refractivity contribution < 1.29 is 25.3 Å². The predicted octanol–water partition coefficient (Wildman–Crippen LogP) is -0.975. The standard InChI is InChI=1S/C13H16N4O5/c1-2-13(11(20)10(19)8(5-18)22-13)9-4-3-7-12(16-21)14-6-15-17(7)9/h2-4,6,8,10-11,18-21H,1,5H2,(H,14,15,16)/t8-,10-,11-,13+/m1/s1. The van der Waals surface area contributed by atoms with Crippen LogP contribution < -0.4 is 5.48 Å². The Bertz CT molecular complexity index is 705. The molecule has 1 aliphatic rings. The fourth-order valence-corrected chi connectivity index (χ4v) is 2.79. The number of ether oxygens (including phenoxy) is 1. The Morgan fingerprint density at radius 2 is 2.23 bits per heavy atom. The van der Waals surface area contributed by atoms with E-state index in [0.29, 0.717) is 11.2 Å². The van der Waals surface area contributed by atoms with E-state index in [4.69, 9.17) is 9.94 Å². The van der Waals surface area contributed by atoms with Gasteiger partial charge < -0.3 is 20.1 Å². The molecule has 22 heavy (non-hydrogen) atoms. The summed E-state index contributed by atoms with van der Waals surface area (Å²) in [5, 5.41) is 42.8. The van der Waals surface area contributed by atoms with E-state index in [0.717, 1.165) is 0 Å². The Hall–Kier alpha value is -2.04. The fraction of sp³-hybridized carbons (Fsp3) is 0.385. The van der Waals surface area contributed by atoms with Crippen LogP contribution in [-0.2, 0) is 10.3 Å². The number of aliphatic hydroxyl groups excluding tert-OH is 3. The molecule has 3 heterocycles. The summed E-state index contributed by atoms with van der Waals surface area (Å²) in [6.45, 7) is 3.23. The number of fused-ring (bicyclic) bond motifs is 1. The van der Waals surface area contributed by atoms with E-state index >= 15 is 0 Å². The van der Waals surface area contributed by atoms with Gasteiger partial charge in [0.25, 0.3) is 0 Å². The van der Waals surface area contributed by atoms with Crippen LogP contribution in [0.4, 0.5) is 5.82 Å². The van der Waals surface area contributed by atoms with Crippen molar-refractivity contribution >= 4 is 11.3 Å². The second kappa shape index (κ2) is 5.30. The Morgan fingerprint density at radius 1 is 1.45 bits per heavy atom. The first-order chi connectivity index (χ1) is 10.6. The molecule has 0 bridgehead atoms. The maximum atomic E-state index is 10.4. The Kier molecular flexibility index (Phi) is 3.59. The molecule has 4 atom stereocenters. The second-order valence-corrected chi connectivity index (χ2v) is 5.01. The average molecular weight is 308 g/mol. The van der Waals surface area contributed by atoms with Crippen LogP contribution in [0.5, 0.6) is 0 Å². The van der Waals surface area contributed by atoms with E-state index in [1.54, 1.807) is 12.1 Å². The third kappa shape index (κ3) is 1.84. The summed E-state index contributed by atoms with van der Waals surface area (Å²) in [5.74, 6) is 0.173. The molecule has 0 amide bonds. The van der Waals surface area contributed by atoms with Crippen molar-refractivity contribution in [3.8, 4) is 0 Å². The average Bonchev–Trinajstić information content (AvgIpc) is 3.09. The van der Waals surface area contributed by atoms with Gasteiger partial charge in [-0.2, -0.15) is 5.10 Å². The zero-order valence-corrected chi connectivity index (χ0v) is 11.5. The number of hydrogen-bond acceptors (Lipinski definition) is 8. The van der Waals surface area contributed by atoms with Crippen LogP contribution in [0.15, 0.2) is 31.1 Å². The lowest BCUT2D eigenvalue weighted by molar-refractivity contribution is -0.0691. The maximum absolute atomic E-state index is 10.4. The highest BCUT2D eigenvalue weighted by atomic mass is 16.6. The monoisotopic (exact) mass is 308 g/mol. The molecule has 2 aromatic heterocycles. The van der Waals surface area contributed by atoms with Crippen molar-refractivity contribution in [3.63, 3.8) is 0 Å². The predicted molar refractivity (Wildman–Crippen MR) is 74.2 cm³/mol. The lowest BCUT2D eigenvalue weighted by Crippen LogP contribution is -2.40. The SMILES string of the molecule is C=C[C@@]1(c2ccc3c(NO)ncnn23)O[C@H](CO)[C@@H](O)[C@H]1O. The van der Waals surface area contributed by atoms with Gasteiger partial charge in [-0.15, -0.1) is 0 Å². The summed E-state index contributed by atoms with van der Waals surface area (Å²) < 4.78 is 7.07. The summed E-state index contributed by atoms with van der Waals surface area (Å²) in [4.78, 5) is 3.87. The Balaban J connectivity index is 2.18. The van der Waals surface area contributed by atoms with Crippen molar-refractivity contribution in [1.82, 2.24) is 14.6 Å². The molecule has 2 aromatic rings. The highest BCUT2D eigenvalue weighted by Gasteiger charge is 2.54. The first kappa shape index (κ1) is 14.9. The third-order valence-electron chi connectivity index (χ3n) is 3.93. The van der Waals surface area contributed by atoms with E-state index in [9.17, 15) is 15.3 Å². The third-order valence-corrected chi connectivity index (χ3v) is 3.93. The Labute approximate surface area is 125 Å². The molecule has 9 nitrogen and oxygen atoms in total. The van der Waals surface area contributed by atoms with Gasteiger partial charge in [0, 0.05) is 0 Å². The molecule has 1 aliphatic heterocycles. The van der Waals surface area contributed by atoms with Gasteiger partial charge in [-0.3, -0.25) is 10.7 Å². The van der Waals surface area contributed by atoms with Crippen molar-refractivity contribution in [2.24, 2.45) is 0 Å². The van der Waals surface area contributed by atoms with Crippen molar-refractivity contribution in [2.75, 3.05) is 12.1 Å². The van der Waals surface area contributed by atoms with Crippen LogP contribution in [0, 0.1) is 0 Å². The second-order valence-electron chi connectivity index (χ2n) is 5.01. The minimum Gasteiger partial charge on any atom is -0.394 e. The summed E-state index contributed by atoms with van der Waals surface area (Å²) in [6, 6.07) is 3.23. The molecule has 0 saturated carbocycles. The summed E-state index contributed by atoms with van der Waals surface area (Å²) in [7, 11) is 0. The normalized spacial score (nSPS) is 31.5. The molecular formula is C13H16N4O5. The molecule has 118 valence electrons. The van der Waals surface area contributed by atoms with Crippen LogP contribution in [0.1, 0.15) is 5.69 Å². The van der Waals surface area contributed by atoms with Gasteiger partial charge in [0.2, 0.25) is 0 Å². The minimum atomic E-state index is -1.44. The summed E-state index contributed by atoms with van der Waals surface area (Å²) >= 11 is 0. The van der Waals surface area contributed by atoms with Crippen LogP contribution in [-0.4, -0.2) is 60.0 Å². The number of nitrogens with one attached hydrogen (secondary N) is 1. The van der Waals surface area contributed by atoms with E-state index in [1.165, 1.54) is 16.9 Å². The molecule has 0 aliphatic carbocycles. The largest absolute Gasteiger partial charge is 0.394 e. The molecule has 1 saturated heterocycles. The Morgan fingerprint density at radius 3 is 2.82 bits per heavy atom. The number of rotatable bonds is 4. The van der Waals surface area contributed by atoms with Gasteiger partial charge in [-0.1, -0.05) is 12.7 Å². The van der Waals surface area contributed by atoms with Crippen LogP contribution in [0.3, 0.4) is 0 Å². The quantitative estimate of drug-likeness (QED) is 0.360. The minimum absolute atomic E-state index is 0.173. The smallest absolute Gasteiger partial charge is 0.177 e. The van der Waals surface area contributed by atoms with Crippen molar-refractivity contribution in [3.05, 3.63) is 36.8 Å². The molecule has 0 unspecified atom stereocenters. The molecule has 0 radical (unpaired) electrons. The maximum Gasteiger partial charge on any atom is 0.177 e. The van der Waals surface area contributed by atoms with Gasteiger partial charge in [0.1, 0.15) is 30.2 Å². The molecule has 5 N–H and O–H groups in total. The van der Waals surface area contributed by atoms with Crippen LogP contribution >= 0.6 is 0 Å². The lowest BCUT2D eigenvalue weighted by atomic mass is 9.91. The number of aromatic nitrogens is 3. The van der Waals surface area contributed by atoms with Gasteiger partial charge in [-0.25, -0.2) is 9.50 Å². The van der Waals surface area contributed by atoms with Crippen molar-refractivity contribution in [1.29, 1.82) is 0 Å². The van der Waals surface area contributed by atoms with Crippen LogP contribution in [0.25, 0.3) is 5.52 Å². The molecule has 0 aromatic carbocycles. The molecule has 0 spiro atoms. The molecular weight excluding hydrogens is 292 g/mol. The van der Waals surface area contributed by atoms with Crippen molar-refractivity contribution in [2.45, 2.75) is 23.9 Å².